The van der Waals surface area contributed by atoms with E-state index in [0.29, 0.717) is 17.3 Å². The maximum Gasteiger partial charge on any atom is 0.266 e. The third-order valence-corrected chi connectivity index (χ3v) is 4.87. The summed E-state index contributed by atoms with van der Waals surface area (Å²) in [6.07, 6.45) is 0. The predicted molar refractivity (Wildman–Crippen MR) is 99.4 cm³/mol. The Bertz CT molecular complexity index is 779. The van der Waals surface area contributed by atoms with Crippen LogP contribution in [-0.2, 0) is 4.79 Å². The summed E-state index contributed by atoms with van der Waals surface area (Å²) < 4.78 is 5.55. The fourth-order valence-corrected chi connectivity index (χ4v) is 3.46. The highest BCUT2D eigenvalue weighted by Gasteiger charge is 2.26. The second kappa shape index (κ2) is 7.73. The number of carbonyl (C=O) groups is 1. The molecule has 0 unspecified atom stereocenters. The topological polar surface area (TPSA) is 41.9 Å². The highest BCUT2D eigenvalue weighted by molar-refractivity contribution is 8.14. The van der Waals surface area contributed by atoms with Crippen molar-refractivity contribution in [3.05, 3.63) is 59.1 Å². The van der Waals surface area contributed by atoms with Crippen LogP contribution in [0, 0.1) is 6.92 Å². The minimum absolute atomic E-state index is 0.0584. The van der Waals surface area contributed by atoms with Crippen LogP contribution in [0.1, 0.15) is 5.56 Å². The number of para-hydroxylation sites is 2. The molecule has 1 aliphatic rings. The first-order valence-electron chi connectivity index (χ1n) is 7.60. The zero-order valence-corrected chi connectivity index (χ0v) is 14.8. The molecule has 1 heterocycles. The molecule has 0 aliphatic carbocycles. The summed E-state index contributed by atoms with van der Waals surface area (Å²) in [5.41, 5.74) is 1.96. The van der Waals surface area contributed by atoms with Crippen LogP contribution in [-0.4, -0.2) is 34.9 Å². The minimum Gasteiger partial charge on any atom is -0.482 e. The Morgan fingerprint density at radius 3 is 2.79 bits per heavy atom. The van der Waals surface area contributed by atoms with Gasteiger partial charge in [0.2, 0.25) is 0 Å². The number of amidine groups is 1. The second-order valence-electron chi connectivity index (χ2n) is 5.29. The molecule has 1 aliphatic heterocycles. The number of aryl methyl sites for hydroxylation is 1. The van der Waals surface area contributed by atoms with Gasteiger partial charge in [-0.3, -0.25) is 9.69 Å². The lowest BCUT2D eigenvalue weighted by Crippen LogP contribution is -2.35. The van der Waals surface area contributed by atoms with Crippen LogP contribution in [0.25, 0.3) is 0 Å². The van der Waals surface area contributed by atoms with Gasteiger partial charge in [-0.15, -0.1) is 0 Å². The monoisotopic (exact) mass is 360 g/mol. The first kappa shape index (κ1) is 16.9. The Labute approximate surface area is 150 Å². The number of aliphatic imine (C=N–C) groups is 1. The van der Waals surface area contributed by atoms with E-state index < -0.39 is 0 Å². The number of hydrogen-bond acceptors (Lipinski definition) is 4. The zero-order chi connectivity index (χ0) is 16.9. The normalized spacial score (nSPS) is 15.8. The molecule has 124 valence electrons. The van der Waals surface area contributed by atoms with Gasteiger partial charge in [0.05, 0.1) is 10.7 Å². The first-order valence-corrected chi connectivity index (χ1v) is 8.96. The van der Waals surface area contributed by atoms with Crippen molar-refractivity contribution in [1.29, 1.82) is 0 Å². The van der Waals surface area contributed by atoms with Gasteiger partial charge in [-0.2, -0.15) is 0 Å². The van der Waals surface area contributed by atoms with Crippen LogP contribution in [0.15, 0.2) is 53.5 Å². The molecule has 0 N–H and O–H groups in total. The van der Waals surface area contributed by atoms with E-state index in [0.717, 1.165) is 22.2 Å². The molecule has 24 heavy (non-hydrogen) atoms. The molecule has 1 saturated heterocycles. The fraction of sp³-hybridized carbons (Fsp3) is 0.222. The van der Waals surface area contributed by atoms with Gasteiger partial charge >= 0.3 is 0 Å². The van der Waals surface area contributed by atoms with E-state index in [1.165, 1.54) is 0 Å². The van der Waals surface area contributed by atoms with Gasteiger partial charge in [-0.05, 0) is 30.7 Å². The molecular weight excluding hydrogens is 344 g/mol. The van der Waals surface area contributed by atoms with Gasteiger partial charge in [0.25, 0.3) is 5.91 Å². The van der Waals surface area contributed by atoms with Crippen molar-refractivity contribution in [3.8, 4) is 5.75 Å². The molecule has 4 nitrogen and oxygen atoms in total. The van der Waals surface area contributed by atoms with Crippen LogP contribution in [0.4, 0.5) is 5.69 Å². The van der Waals surface area contributed by atoms with Gasteiger partial charge in [0.1, 0.15) is 5.75 Å². The maximum atomic E-state index is 12.5. The first-order chi connectivity index (χ1) is 11.6. The summed E-state index contributed by atoms with van der Waals surface area (Å²) in [4.78, 5) is 18.8. The number of ether oxygens (including phenoxy) is 1. The molecule has 1 amide bonds. The molecule has 6 heteroatoms. The second-order valence-corrected chi connectivity index (χ2v) is 6.76. The largest absolute Gasteiger partial charge is 0.482 e. The van der Waals surface area contributed by atoms with Gasteiger partial charge in [-0.25, -0.2) is 4.99 Å². The fourth-order valence-electron chi connectivity index (χ4n) is 2.30. The molecule has 0 saturated carbocycles. The quantitative estimate of drug-likeness (QED) is 0.816. The van der Waals surface area contributed by atoms with E-state index >= 15 is 0 Å². The van der Waals surface area contributed by atoms with Crippen molar-refractivity contribution in [2.75, 3.05) is 18.9 Å². The van der Waals surface area contributed by atoms with Crippen LogP contribution in [0.5, 0.6) is 5.75 Å². The summed E-state index contributed by atoms with van der Waals surface area (Å²) in [5.74, 6) is 1.23. The number of thioether (sulfide) groups is 1. The predicted octanol–water partition coefficient (Wildman–Crippen LogP) is 4.29. The Balaban J connectivity index is 1.70. The van der Waals surface area contributed by atoms with E-state index in [-0.39, 0.29) is 12.5 Å². The van der Waals surface area contributed by atoms with Gasteiger partial charge < -0.3 is 4.74 Å². The molecule has 1 fully saturated rings. The molecule has 0 spiro atoms. The average Bonchev–Trinajstić information content (AvgIpc) is 3.04. The highest BCUT2D eigenvalue weighted by Crippen LogP contribution is 2.26. The summed E-state index contributed by atoms with van der Waals surface area (Å²) in [5, 5.41) is 1.21. The summed E-state index contributed by atoms with van der Waals surface area (Å²) in [6, 6.07) is 15.0. The number of carbonyl (C=O) groups excluding carboxylic acids is 1. The lowest BCUT2D eigenvalue weighted by Gasteiger charge is -2.17. The number of benzene rings is 2. The number of amides is 1. The lowest BCUT2D eigenvalue weighted by atomic mass is 10.2. The van der Waals surface area contributed by atoms with E-state index in [4.69, 9.17) is 16.3 Å². The van der Waals surface area contributed by atoms with Crippen molar-refractivity contribution >= 4 is 40.1 Å². The Morgan fingerprint density at radius 1 is 1.25 bits per heavy atom. The Kier molecular flexibility index (Phi) is 5.43. The third kappa shape index (κ3) is 3.91. The van der Waals surface area contributed by atoms with E-state index in [2.05, 4.69) is 4.99 Å². The van der Waals surface area contributed by atoms with Gasteiger partial charge in [-0.1, -0.05) is 53.7 Å². The van der Waals surface area contributed by atoms with Crippen molar-refractivity contribution in [3.63, 3.8) is 0 Å². The van der Waals surface area contributed by atoms with Crippen LogP contribution in [0.2, 0.25) is 5.02 Å². The van der Waals surface area contributed by atoms with Crippen LogP contribution in [0.3, 0.4) is 0 Å². The lowest BCUT2D eigenvalue weighted by molar-refractivity contribution is -0.129. The van der Waals surface area contributed by atoms with E-state index in [9.17, 15) is 4.79 Å². The van der Waals surface area contributed by atoms with Crippen molar-refractivity contribution < 1.29 is 9.53 Å². The summed E-state index contributed by atoms with van der Waals surface area (Å²) >= 11 is 7.62. The molecule has 0 radical (unpaired) electrons. The molecule has 0 atom stereocenters. The van der Waals surface area contributed by atoms with Crippen molar-refractivity contribution in [1.82, 2.24) is 4.90 Å². The number of hydrogen-bond donors (Lipinski definition) is 0. The highest BCUT2D eigenvalue weighted by atomic mass is 35.5. The number of halogens is 1. The van der Waals surface area contributed by atoms with Gasteiger partial charge in [0, 0.05) is 12.3 Å². The molecule has 0 aromatic heterocycles. The van der Waals surface area contributed by atoms with Crippen LogP contribution >= 0.6 is 23.4 Å². The molecule has 2 aromatic carbocycles. The van der Waals surface area contributed by atoms with E-state index in [1.807, 2.05) is 43.3 Å². The molecule has 2 aromatic rings. The SMILES string of the molecule is Cc1ccccc1N=C1SCCN1C(=O)COc1ccccc1Cl. The maximum absolute atomic E-state index is 12.5. The summed E-state index contributed by atoms with van der Waals surface area (Å²) in [6.45, 7) is 2.59. The zero-order valence-electron chi connectivity index (χ0n) is 13.2. The third-order valence-electron chi connectivity index (χ3n) is 3.60. The Morgan fingerprint density at radius 2 is 2.00 bits per heavy atom. The van der Waals surface area contributed by atoms with Crippen LogP contribution < -0.4 is 4.74 Å². The minimum atomic E-state index is -0.118. The molecule has 3 rings (SSSR count). The standard InChI is InChI=1S/C18H17ClN2O2S/c1-13-6-2-4-8-15(13)20-18-21(10-11-24-18)17(22)12-23-16-9-5-3-7-14(16)19/h2-9H,10-12H2,1H3. The summed E-state index contributed by atoms with van der Waals surface area (Å²) in [7, 11) is 0. The van der Waals surface area contributed by atoms with Crippen molar-refractivity contribution in [2.24, 2.45) is 4.99 Å². The van der Waals surface area contributed by atoms with Crippen molar-refractivity contribution in [2.45, 2.75) is 6.92 Å². The van der Waals surface area contributed by atoms with Gasteiger partial charge in [0.15, 0.2) is 11.8 Å². The smallest absolute Gasteiger partial charge is 0.266 e. The number of rotatable bonds is 4. The van der Waals surface area contributed by atoms with E-state index in [1.54, 1.807) is 28.8 Å². The number of nitrogens with zero attached hydrogens (tertiary/aromatic N) is 2. The Hall–Kier alpha value is -1.98. The molecular formula is C18H17ClN2O2S. The molecule has 0 bridgehead atoms. The average molecular weight is 361 g/mol.